The zero-order chi connectivity index (χ0) is 19.2. The van der Waals surface area contributed by atoms with Crippen LogP contribution in [0.1, 0.15) is 25.3 Å². The molecular weight excluding hydrogens is 364 g/mol. The Balaban J connectivity index is 1.57. The van der Waals surface area contributed by atoms with Crippen LogP contribution in [-0.2, 0) is 16.2 Å². The molecule has 1 fully saturated rings. The summed E-state index contributed by atoms with van der Waals surface area (Å²) in [5.41, 5.74) is 1.81. The summed E-state index contributed by atoms with van der Waals surface area (Å²) in [6.07, 6.45) is 1.14. The van der Waals surface area contributed by atoms with Gasteiger partial charge in [-0.15, -0.1) is 0 Å². The first kappa shape index (κ1) is 19.2. The Kier molecular flexibility index (Phi) is 6.35. The number of nitrogens with zero attached hydrogens (tertiary/aromatic N) is 1. The van der Waals surface area contributed by atoms with E-state index in [0.29, 0.717) is 24.7 Å². The topological polar surface area (TPSA) is 58.6 Å². The Morgan fingerprint density at radius 3 is 2.56 bits per heavy atom. The average molecular weight is 387 g/mol. The molecule has 0 unspecified atom stereocenters. The summed E-state index contributed by atoms with van der Waals surface area (Å²) >= 11 is 5.88. The molecule has 0 bridgehead atoms. The summed E-state index contributed by atoms with van der Waals surface area (Å²) in [6.45, 7) is 3.50. The Labute approximate surface area is 164 Å². The van der Waals surface area contributed by atoms with Gasteiger partial charge in [-0.3, -0.25) is 9.59 Å². The third-order valence-corrected chi connectivity index (χ3v) is 4.76. The first-order valence-corrected chi connectivity index (χ1v) is 9.50. The fourth-order valence-corrected chi connectivity index (χ4v) is 3.12. The molecule has 0 saturated carbocycles. The van der Waals surface area contributed by atoms with Crippen molar-refractivity contribution in [2.24, 2.45) is 5.92 Å². The molecule has 3 rings (SSSR count). The van der Waals surface area contributed by atoms with Crippen molar-refractivity contribution >= 4 is 29.1 Å². The van der Waals surface area contributed by atoms with Gasteiger partial charge in [-0.25, -0.2) is 0 Å². The highest BCUT2D eigenvalue weighted by Crippen LogP contribution is 2.27. The Hall–Kier alpha value is -2.53. The Morgan fingerprint density at radius 1 is 1.19 bits per heavy atom. The van der Waals surface area contributed by atoms with E-state index in [1.165, 1.54) is 0 Å². The number of anilines is 1. The summed E-state index contributed by atoms with van der Waals surface area (Å²) in [5, 5.41) is 3.56. The molecule has 2 aromatic rings. The van der Waals surface area contributed by atoms with Crippen LogP contribution < -0.4 is 15.0 Å². The molecule has 142 valence electrons. The fraction of sp³-hybridized carbons (Fsp3) is 0.333. The molecule has 0 aliphatic carbocycles. The monoisotopic (exact) mass is 386 g/mol. The zero-order valence-corrected chi connectivity index (χ0v) is 16.0. The number of halogens is 1. The van der Waals surface area contributed by atoms with Crippen molar-refractivity contribution in [2.75, 3.05) is 18.0 Å². The highest BCUT2D eigenvalue weighted by atomic mass is 35.5. The minimum atomic E-state index is -0.287. The van der Waals surface area contributed by atoms with Crippen molar-refractivity contribution in [3.8, 4) is 5.75 Å². The Bertz CT molecular complexity index is 790. The van der Waals surface area contributed by atoms with E-state index in [0.717, 1.165) is 23.4 Å². The maximum atomic E-state index is 12.3. The number of amides is 2. The normalized spacial score (nSPS) is 16.4. The van der Waals surface area contributed by atoms with Gasteiger partial charge < -0.3 is 15.0 Å². The van der Waals surface area contributed by atoms with E-state index in [4.69, 9.17) is 16.3 Å². The lowest BCUT2D eigenvalue weighted by atomic mass is 10.1. The Morgan fingerprint density at radius 2 is 1.89 bits per heavy atom. The minimum Gasteiger partial charge on any atom is -0.489 e. The largest absolute Gasteiger partial charge is 0.489 e. The van der Waals surface area contributed by atoms with Gasteiger partial charge in [-0.1, -0.05) is 30.7 Å². The van der Waals surface area contributed by atoms with E-state index in [2.05, 4.69) is 5.32 Å². The van der Waals surface area contributed by atoms with E-state index in [9.17, 15) is 9.59 Å². The smallest absolute Gasteiger partial charge is 0.227 e. The number of ether oxygens (including phenoxy) is 1. The van der Waals surface area contributed by atoms with E-state index < -0.39 is 0 Å². The second kappa shape index (κ2) is 8.91. The standard InChI is InChI=1S/C21H23ClN2O3/c1-2-11-23-21(26)16-12-20(25)24(13-16)18-7-9-19(10-8-18)27-14-15-3-5-17(22)6-4-15/h3-10,16H,2,11-14H2,1H3,(H,23,26)/t16-/m0/s1. The molecule has 2 amide bonds. The van der Waals surface area contributed by atoms with Gasteiger partial charge in [0.2, 0.25) is 11.8 Å². The van der Waals surface area contributed by atoms with Crippen LogP contribution in [0, 0.1) is 5.92 Å². The van der Waals surface area contributed by atoms with Gasteiger partial charge in [0.05, 0.1) is 5.92 Å². The van der Waals surface area contributed by atoms with Crippen LogP contribution in [0.4, 0.5) is 5.69 Å². The maximum Gasteiger partial charge on any atom is 0.227 e. The molecule has 1 atom stereocenters. The maximum absolute atomic E-state index is 12.3. The van der Waals surface area contributed by atoms with Crippen LogP contribution in [0.3, 0.4) is 0 Å². The number of rotatable bonds is 7. The van der Waals surface area contributed by atoms with Gasteiger partial charge in [0.15, 0.2) is 0 Å². The average Bonchev–Trinajstić information content (AvgIpc) is 3.08. The molecule has 6 heteroatoms. The molecule has 1 heterocycles. The van der Waals surface area contributed by atoms with Crippen molar-refractivity contribution in [2.45, 2.75) is 26.4 Å². The molecule has 1 aliphatic rings. The van der Waals surface area contributed by atoms with Crippen molar-refractivity contribution in [1.29, 1.82) is 0 Å². The molecule has 1 saturated heterocycles. The SMILES string of the molecule is CCCNC(=O)[C@H]1CC(=O)N(c2ccc(OCc3ccc(Cl)cc3)cc2)C1. The van der Waals surface area contributed by atoms with Crippen LogP contribution >= 0.6 is 11.6 Å². The predicted molar refractivity (Wildman–Crippen MR) is 106 cm³/mol. The summed E-state index contributed by atoms with van der Waals surface area (Å²) < 4.78 is 5.77. The molecule has 1 N–H and O–H groups in total. The lowest BCUT2D eigenvalue weighted by Crippen LogP contribution is -2.33. The van der Waals surface area contributed by atoms with Crippen LogP contribution in [0.2, 0.25) is 5.02 Å². The third kappa shape index (κ3) is 5.01. The number of hydrogen-bond acceptors (Lipinski definition) is 3. The van der Waals surface area contributed by atoms with Crippen LogP contribution in [0.5, 0.6) is 5.75 Å². The molecule has 0 aromatic heterocycles. The number of carbonyl (C=O) groups is 2. The first-order valence-electron chi connectivity index (χ1n) is 9.12. The number of nitrogens with one attached hydrogen (secondary N) is 1. The lowest BCUT2D eigenvalue weighted by molar-refractivity contribution is -0.126. The van der Waals surface area contributed by atoms with Crippen molar-refractivity contribution in [1.82, 2.24) is 5.32 Å². The summed E-state index contributed by atoms with van der Waals surface area (Å²) in [5.74, 6) is 0.361. The summed E-state index contributed by atoms with van der Waals surface area (Å²) in [4.78, 5) is 26.1. The second-order valence-corrected chi connectivity index (χ2v) is 7.04. The number of benzene rings is 2. The van der Waals surface area contributed by atoms with Gasteiger partial charge in [-0.2, -0.15) is 0 Å². The molecule has 0 spiro atoms. The quantitative estimate of drug-likeness (QED) is 0.787. The predicted octanol–water partition coefficient (Wildman–Crippen LogP) is 3.80. The van der Waals surface area contributed by atoms with E-state index in [1.807, 2.05) is 55.5 Å². The molecule has 1 aliphatic heterocycles. The van der Waals surface area contributed by atoms with Crippen molar-refractivity contribution < 1.29 is 14.3 Å². The van der Waals surface area contributed by atoms with Gasteiger partial charge in [-0.05, 0) is 48.4 Å². The molecule has 2 aromatic carbocycles. The van der Waals surface area contributed by atoms with Gasteiger partial charge in [0.25, 0.3) is 0 Å². The van der Waals surface area contributed by atoms with E-state index in [1.54, 1.807) is 4.90 Å². The zero-order valence-electron chi connectivity index (χ0n) is 15.3. The van der Waals surface area contributed by atoms with Gasteiger partial charge in [0, 0.05) is 30.2 Å². The van der Waals surface area contributed by atoms with Gasteiger partial charge in [0.1, 0.15) is 12.4 Å². The van der Waals surface area contributed by atoms with Crippen molar-refractivity contribution in [3.05, 3.63) is 59.1 Å². The molecule has 0 radical (unpaired) electrons. The number of carbonyl (C=O) groups excluding carboxylic acids is 2. The molecular formula is C21H23ClN2O3. The van der Waals surface area contributed by atoms with Crippen LogP contribution in [0.15, 0.2) is 48.5 Å². The highest BCUT2D eigenvalue weighted by molar-refractivity contribution is 6.30. The van der Waals surface area contributed by atoms with Crippen LogP contribution in [0.25, 0.3) is 0 Å². The highest BCUT2D eigenvalue weighted by Gasteiger charge is 2.34. The first-order chi connectivity index (χ1) is 13.1. The second-order valence-electron chi connectivity index (χ2n) is 6.61. The van der Waals surface area contributed by atoms with Gasteiger partial charge >= 0.3 is 0 Å². The fourth-order valence-electron chi connectivity index (χ4n) is 2.99. The van der Waals surface area contributed by atoms with Crippen molar-refractivity contribution in [3.63, 3.8) is 0 Å². The van der Waals surface area contributed by atoms with E-state index in [-0.39, 0.29) is 24.2 Å². The summed E-state index contributed by atoms with van der Waals surface area (Å²) in [7, 11) is 0. The minimum absolute atomic E-state index is 0.0264. The lowest BCUT2D eigenvalue weighted by Gasteiger charge is -2.17. The summed E-state index contributed by atoms with van der Waals surface area (Å²) in [6, 6.07) is 14.9. The number of hydrogen-bond donors (Lipinski definition) is 1. The third-order valence-electron chi connectivity index (χ3n) is 4.51. The van der Waals surface area contributed by atoms with Crippen LogP contribution in [-0.4, -0.2) is 24.9 Å². The van der Waals surface area contributed by atoms with E-state index >= 15 is 0 Å². The molecule has 27 heavy (non-hydrogen) atoms. The molecule has 5 nitrogen and oxygen atoms in total.